The molecule has 21 heavy (non-hydrogen) atoms. The first-order chi connectivity index (χ1) is 10.1. The molecule has 0 saturated heterocycles. The van der Waals surface area contributed by atoms with E-state index in [0.29, 0.717) is 11.4 Å². The van der Waals surface area contributed by atoms with Crippen LogP contribution in [0.15, 0.2) is 39.8 Å². The Morgan fingerprint density at radius 2 is 2.19 bits per heavy atom. The number of aryl methyl sites for hydroxylation is 1. The first-order valence-electron chi connectivity index (χ1n) is 6.13. The van der Waals surface area contributed by atoms with Gasteiger partial charge >= 0.3 is 5.97 Å². The van der Waals surface area contributed by atoms with Crippen molar-refractivity contribution in [1.82, 2.24) is 5.16 Å². The number of esters is 1. The summed E-state index contributed by atoms with van der Waals surface area (Å²) in [7, 11) is 0. The number of thioether (sulfide) groups is 1. The van der Waals surface area contributed by atoms with Gasteiger partial charge in [-0.2, -0.15) is 0 Å². The topological polar surface area (TPSA) is 81.4 Å². The Labute approximate surface area is 125 Å². The van der Waals surface area contributed by atoms with Gasteiger partial charge in [-0.3, -0.25) is 4.79 Å². The van der Waals surface area contributed by atoms with Gasteiger partial charge in [0.25, 0.3) is 5.91 Å². The van der Waals surface area contributed by atoms with Crippen molar-refractivity contribution in [2.24, 2.45) is 0 Å². The Morgan fingerprint density at radius 1 is 1.38 bits per heavy atom. The fraction of sp³-hybridized carbons (Fsp3) is 0.214. The van der Waals surface area contributed by atoms with Gasteiger partial charge in [-0.15, -0.1) is 11.8 Å². The summed E-state index contributed by atoms with van der Waals surface area (Å²) in [5.74, 6) is -1.16. The lowest BCUT2D eigenvalue weighted by Gasteiger charge is -2.06. The minimum absolute atomic E-state index is 0.0234. The van der Waals surface area contributed by atoms with Crippen LogP contribution >= 0.6 is 11.8 Å². The fourth-order valence-electron chi connectivity index (χ4n) is 1.56. The third kappa shape index (κ3) is 4.35. The number of carbonyl (C=O) groups is 2. The van der Waals surface area contributed by atoms with Crippen molar-refractivity contribution in [3.05, 3.63) is 41.8 Å². The van der Waals surface area contributed by atoms with Crippen LogP contribution < -0.4 is 5.32 Å². The van der Waals surface area contributed by atoms with E-state index in [2.05, 4.69) is 10.5 Å². The van der Waals surface area contributed by atoms with E-state index in [9.17, 15) is 9.59 Å². The zero-order valence-corrected chi connectivity index (χ0v) is 12.4. The number of ether oxygens (including phenoxy) is 1. The second-order valence-corrected chi connectivity index (χ2v) is 5.07. The lowest BCUT2D eigenvalue weighted by molar-refractivity contribution is -0.119. The average molecular weight is 306 g/mol. The molecule has 7 heteroatoms. The Bertz CT molecular complexity index is 654. The highest BCUT2D eigenvalue weighted by molar-refractivity contribution is 7.98. The molecule has 1 heterocycles. The van der Waals surface area contributed by atoms with Crippen LogP contribution in [-0.2, 0) is 9.53 Å². The molecule has 0 unspecified atom stereocenters. The standard InChI is InChI=1S/C14H14N2O4S/c1-9-6-12(20-16-9)14(18)19-8-13(17)15-10-4-3-5-11(7-10)21-2/h3-7H,8H2,1-2H3,(H,15,17). The van der Waals surface area contributed by atoms with E-state index in [4.69, 9.17) is 9.26 Å². The third-order valence-electron chi connectivity index (χ3n) is 2.52. The molecule has 2 rings (SSSR count). The zero-order chi connectivity index (χ0) is 15.2. The van der Waals surface area contributed by atoms with Crippen LogP contribution in [-0.4, -0.2) is 29.9 Å². The molecular weight excluding hydrogens is 292 g/mol. The van der Waals surface area contributed by atoms with E-state index in [-0.39, 0.29) is 12.4 Å². The van der Waals surface area contributed by atoms with Crippen molar-refractivity contribution in [1.29, 1.82) is 0 Å². The van der Waals surface area contributed by atoms with Crippen molar-refractivity contribution in [3.63, 3.8) is 0 Å². The molecule has 6 nitrogen and oxygen atoms in total. The van der Waals surface area contributed by atoms with Crippen molar-refractivity contribution in [2.45, 2.75) is 11.8 Å². The number of nitrogens with one attached hydrogen (secondary N) is 1. The highest BCUT2D eigenvalue weighted by Crippen LogP contribution is 2.18. The smallest absolute Gasteiger partial charge is 0.377 e. The molecule has 1 aromatic carbocycles. The van der Waals surface area contributed by atoms with Gasteiger partial charge in [0.05, 0.1) is 5.69 Å². The van der Waals surface area contributed by atoms with Gasteiger partial charge in [-0.1, -0.05) is 11.2 Å². The average Bonchev–Trinajstić information content (AvgIpc) is 2.91. The minimum Gasteiger partial charge on any atom is -0.450 e. The summed E-state index contributed by atoms with van der Waals surface area (Å²) in [6, 6.07) is 8.82. The maximum absolute atomic E-state index is 11.7. The van der Waals surface area contributed by atoms with Crippen LogP contribution in [0.25, 0.3) is 0 Å². The van der Waals surface area contributed by atoms with Crippen molar-refractivity contribution in [2.75, 3.05) is 18.2 Å². The largest absolute Gasteiger partial charge is 0.450 e. The normalized spacial score (nSPS) is 10.2. The van der Waals surface area contributed by atoms with E-state index in [0.717, 1.165) is 4.90 Å². The molecule has 1 N–H and O–H groups in total. The molecule has 0 radical (unpaired) electrons. The van der Waals surface area contributed by atoms with Gasteiger partial charge in [0.1, 0.15) is 0 Å². The second kappa shape index (κ2) is 6.94. The molecule has 0 atom stereocenters. The number of carbonyl (C=O) groups excluding carboxylic acids is 2. The van der Waals surface area contributed by atoms with E-state index in [1.807, 2.05) is 24.5 Å². The second-order valence-electron chi connectivity index (χ2n) is 4.19. The molecule has 0 fully saturated rings. The summed E-state index contributed by atoms with van der Waals surface area (Å²) in [4.78, 5) is 24.3. The Hall–Kier alpha value is -2.28. The highest BCUT2D eigenvalue weighted by Gasteiger charge is 2.15. The highest BCUT2D eigenvalue weighted by atomic mass is 32.2. The van der Waals surface area contributed by atoms with Gasteiger partial charge in [-0.25, -0.2) is 4.79 Å². The Morgan fingerprint density at radius 3 is 2.86 bits per heavy atom. The molecule has 0 saturated carbocycles. The van der Waals surface area contributed by atoms with Gasteiger partial charge in [0, 0.05) is 16.6 Å². The van der Waals surface area contributed by atoms with Crippen LogP contribution in [0.5, 0.6) is 0 Å². The molecule has 110 valence electrons. The number of anilines is 1. The maximum atomic E-state index is 11.7. The Kier molecular flexibility index (Phi) is 4.99. The number of hydrogen-bond acceptors (Lipinski definition) is 6. The lowest BCUT2D eigenvalue weighted by atomic mass is 10.3. The maximum Gasteiger partial charge on any atom is 0.377 e. The monoisotopic (exact) mass is 306 g/mol. The third-order valence-corrected chi connectivity index (χ3v) is 3.24. The van der Waals surface area contributed by atoms with Gasteiger partial charge in [-0.05, 0) is 31.4 Å². The van der Waals surface area contributed by atoms with E-state index >= 15 is 0 Å². The van der Waals surface area contributed by atoms with Crippen molar-refractivity contribution >= 4 is 29.3 Å². The van der Waals surface area contributed by atoms with E-state index < -0.39 is 11.9 Å². The lowest BCUT2D eigenvalue weighted by Crippen LogP contribution is -2.20. The predicted molar refractivity (Wildman–Crippen MR) is 78.4 cm³/mol. The Balaban J connectivity index is 1.85. The number of amides is 1. The summed E-state index contributed by atoms with van der Waals surface area (Å²) in [6.45, 7) is 1.30. The number of benzene rings is 1. The SMILES string of the molecule is CSc1cccc(NC(=O)COC(=O)c2cc(C)no2)c1. The van der Waals surface area contributed by atoms with Crippen LogP contribution in [0.2, 0.25) is 0 Å². The molecule has 2 aromatic rings. The molecule has 0 spiro atoms. The number of aromatic nitrogens is 1. The fourth-order valence-corrected chi connectivity index (χ4v) is 2.02. The summed E-state index contributed by atoms with van der Waals surface area (Å²) >= 11 is 1.57. The zero-order valence-electron chi connectivity index (χ0n) is 11.6. The van der Waals surface area contributed by atoms with Crippen LogP contribution in [0.3, 0.4) is 0 Å². The molecular formula is C14H14N2O4S. The van der Waals surface area contributed by atoms with E-state index in [1.54, 1.807) is 24.8 Å². The van der Waals surface area contributed by atoms with E-state index in [1.165, 1.54) is 6.07 Å². The predicted octanol–water partition coefficient (Wildman–Crippen LogP) is 2.50. The first kappa shape index (κ1) is 15.1. The van der Waals surface area contributed by atoms with Crippen molar-refractivity contribution < 1.29 is 18.8 Å². The van der Waals surface area contributed by atoms with Gasteiger partial charge in [0.2, 0.25) is 5.76 Å². The summed E-state index contributed by atoms with van der Waals surface area (Å²) in [6.07, 6.45) is 1.95. The minimum atomic E-state index is -0.719. The summed E-state index contributed by atoms with van der Waals surface area (Å²) in [5, 5.41) is 6.23. The molecule has 0 aliphatic heterocycles. The van der Waals surface area contributed by atoms with Crippen LogP contribution in [0.1, 0.15) is 16.2 Å². The van der Waals surface area contributed by atoms with Crippen molar-refractivity contribution in [3.8, 4) is 0 Å². The quantitative estimate of drug-likeness (QED) is 0.675. The van der Waals surface area contributed by atoms with Gasteiger partial charge < -0.3 is 14.6 Å². The molecule has 0 aliphatic carbocycles. The summed E-state index contributed by atoms with van der Waals surface area (Å²) in [5.41, 5.74) is 1.22. The molecule has 0 bridgehead atoms. The van der Waals surface area contributed by atoms with Crippen LogP contribution in [0, 0.1) is 6.92 Å². The number of hydrogen-bond donors (Lipinski definition) is 1. The summed E-state index contributed by atoms with van der Waals surface area (Å²) < 4.78 is 9.59. The number of rotatable bonds is 5. The van der Waals surface area contributed by atoms with Gasteiger partial charge in [0.15, 0.2) is 6.61 Å². The first-order valence-corrected chi connectivity index (χ1v) is 7.35. The number of nitrogens with zero attached hydrogens (tertiary/aromatic N) is 1. The molecule has 1 aromatic heterocycles. The molecule has 0 aliphatic rings. The molecule has 1 amide bonds. The van der Waals surface area contributed by atoms with Crippen LogP contribution in [0.4, 0.5) is 5.69 Å².